The first-order valence-corrected chi connectivity index (χ1v) is 9.90. The van der Waals surface area contributed by atoms with E-state index in [1.54, 1.807) is 13.2 Å². The highest BCUT2D eigenvalue weighted by Gasteiger charge is 2.26. The first-order chi connectivity index (χ1) is 12.6. The van der Waals surface area contributed by atoms with E-state index in [9.17, 15) is 4.79 Å². The first kappa shape index (κ1) is 19.0. The van der Waals surface area contributed by atoms with E-state index in [1.165, 1.54) is 19.3 Å². The average Bonchev–Trinajstić information content (AvgIpc) is 3.19. The number of furan rings is 1. The molecule has 1 aromatic carbocycles. The van der Waals surface area contributed by atoms with Crippen LogP contribution >= 0.6 is 15.9 Å². The van der Waals surface area contributed by atoms with Crippen molar-refractivity contribution in [1.29, 1.82) is 0 Å². The predicted octanol–water partition coefficient (Wildman–Crippen LogP) is 4.15. The topological polar surface area (TPSA) is 54.7 Å². The number of likely N-dealkylation sites (tertiary alicyclic amines) is 1. The third kappa shape index (κ3) is 5.11. The van der Waals surface area contributed by atoms with Crippen LogP contribution in [0.15, 0.2) is 51.6 Å². The van der Waals surface area contributed by atoms with Crippen molar-refractivity contribution in [3.63, 3.8) is 0 Å². The van der Waals surface area contributed by atoms with Gasteiger partial charge in [0.25, 0.3) is 5.91 Å². The molecule has 3 rings (SSSR count). The van der Waals surface area contributed by atoms with Gasteiger partial charge in [0, 0.05) is 11.0 Å². The number of hydrogen-bond donors (Lipinski definition) is 1. The normalized spacial score (nSPS) is 17.5. The number of nitrogens with zero attached hydrogens (tertiary/aromatic N) is 1. The van der Waals surface area contributed by atoms with Crippen molar-refractivity contribution in [2.45, 2.75) is 38.3 Å². The van der Waals surface area contributed by atoms with Gasteiger partial charge >= 0.3 is 0 Å². The molecular weight excluding hydrogens is 396 g/mol. The maximum absolute atomic E-state index is 12.5. The van der Waals surface area contributed by atoms with Crippen LogP contribution in [0.3, 0.4) is 0 Å². The van der Waals surface area contributed by atoms with Gasteiger partial charge < -0.3 is 14.5 Å². The number of ether oxygens (including phenoxy) is 1. The van der Waals surface area contributed by atoms with E-state index in [4.69, 9.17) is 9.15 Å². The molecule has 5 nitrogen and oxygen atoms in total. The molecule has 2 heterocycles. The molecule has 0 unspecified atom stereocenters. The molecule has 2 atom stereocenters. The van der Waals surface area contributed by atoms with Crippen molar-refractivity contribution in [3.05, 3.63) is 52.9 Å². The van der Waals surface area contributed by atoms with E-state index < -0.39 is 6.10 Å². The third-order valence-electron chi connectivity index (χ3n) is 4.67. The van der Waals surface area contributed by atoms with Crippen LogP contribution in [0.2, 0.25) is 0 Å². The molecular formula is C20H25BrN2O3. The molecule has 1 aromatic heterocycles. The highest BCUT2D eigenvalue weighted by atomic mass is 79.9. The van der Waals surface area contributed by atoms with Crippen molar-refractivity contribution < 1.29 is 13.9 Å². The Morgan fingerprint density at radius 3 is 2.62 bits per heavy atom. The Morgan fingerprint density at radius 1 is 1.23 bits per heavy atom. The number of benzene rings is 1. The van der Waals surface area contributed by atoms with Gasteiger partial charge in [0.1, 0.15) is 11.5 Å². The summed E-state index contributed by atoms with van der Waals surface area (Å²) in [5.74, 6) is 1.45. The number of halogens is 1. The number of amides is 1. The first-order valence-electron chi connectivity index (χ1n) is 9.11. The molecule has 2 aromatic rings. The van der Waals surface area contributed by atoms with Crippen molar-refractivity contribution in [2.24, 2.45) is 0 Å². The predicted molar refractivity (Wildman–Crippen MR) is 104 cm³/mol. The minimum Gasteiger partial charge on any atom is -0.481 e. The van der Waals surface area contributed by atoms with Crippen LogP contribution < -0.4 is 10.1 Å². The highest BCUT2D eigenvalue weighted by Crippen LogP contribution is 2.24. The summed E-state index contributed by atoms with van der Waals surface area (Å²) in [5, 5.41) is 3.02. The fraction of sp³-hybridized carbons (Fsp3) is 0.450. The summed E-state index contributed by atoms with van der Waals surface area (Å²) in [5.41, 5.74) is 0. The van der Waals surface area contributed by atoms with Crippen LogP contribution in [-0.2, 0) is 4.79 Å². The standard InChI is InChI=1S/C20H25BrN2O3/c1-15(26-17-9-7-16(21)8-10-17)20(24)22-14-18(19-6-5-13-25-19)23-11-3-2-4-12-23/h5-10,13,15,18H,2-4,11-12,14H2,1H3,(H,22,24)/t15-,18-/m1/s1. The second-order valence-electron chi connectivity index (χ2n) is 6.59. The van der Waals surface area contributed by atoms with Crippen molar-refractivity contribution >= 4 is 21.8 Å². The van der Waals surface area contributed by atoms with E-state index in [-0.39, 0.29) is 11.9 Å². The van der Waals surface area contributed by atoms with E-state index in [0.29, 0.717) is 12.3 Å². The SMILES string of the molecule is C[C@@H](Oc1ccc(Br)cc1)C(=O)NC[C@H](c1ccco1)N1CCCCC1. The van der Waals surface area contributed by atoms with Crippen LogP contribution in [0.5, 0.6) is 5.75 Å². The molecule has 0 bridgehead atoms. The van der Waals surface area contributed by atoms with Crippen LogP contribution in [0, 0.1) is 0 Å². The summed E-state index contributed by atoms with van der Waals surface area (Å²) in [6.45, 7) is 4.35. The number of piperidine rings is 1. The molecule has 0 spiro atoms. The Balaban J connectivity index is 1.57. The minimum absolute atomic E-state index is 0.0640. The summed E-state index contributed by atoms with van der Waals surface area (Å²) in [7, 11) is 0. The van der Waals surface area contributed by atoms with E-state index in [0.717, 1.165) is 23.3 Å². The maximum atomic E-state index is 12.5. The smallest absolute Gasteiger partial charge is 0.260 e. The molecule has 0 aliphatic carbocycles. The van der Waals surface area contributed by atoms with Crippen molar-refractivity contribution in [2.75, 3.05) is 19.6 Å². The zero-order valence-electron chi connectivity index (χ0n) is 15.0. The number of hydrogen-bond acceptors (Lipinski definition) is 4. The van der Waals surface area contributed by atoms with Gasteiger partial charge in [0.15, 0.2) is 6.10 Å². The minimum atomic E-state index is -0.560. The summed E-state index contributed by atoms with van der Waals surface area (Å²) < 4.78 is 12.3. The highest BCUT2D eigenvalue weighted by molar-refractivity contribution is 9.10. The number of carbonyl (C=O) groups excluding carboxylic acids is 1. The number of nitrogens with one attached hydrogen (secondary N) is 1. The van der Waals surface area contributed by atoms with Gasteiger partial charge in [0.05, 0.1) is 12.3 Å². The zero-order chi connectivity index (χ0) is 18.4. The Bertz CT molecular complexity index is 682. The van der Waals surface area contributed by atoms with Crippen molar-refractivity contribution in [1.82, 2.24) is 10.2 Å². The maximum Gasteiger partial charge on any atom is 0.260 e. The number of carbonyl (C=O) groups is 1. The molecule has 0 saturated carbocycles. The average molecular weight is 421 g/mol. The second kappa shape index (κ2) is 9.24. The Labute approximate surface area is 162 Å². The molecule has 1 saturated heterocycles. The van der Waals surface area contributed by atoms with Crippen molar-refractivity contribution in [3.8, 4) is 5.75 Å². The Hall–Kier alpha value is -1.79. The molecule has 0 radical (unpaired) electrons. The summed E-state index contributed by atoms with van der Waals surface area (Å²) in [6, 6.07) is 11.4. The molecule has 1 aliphatic heterocycles. The molecule has 1 amide bonds. The monoisotopic (exact) mass is 420 g/mol. The van der Waals surface area contributed by atoms with E-state index in [2.05, 4.69) is 26.1 Å². The lowest BCUT2D eigenvalue weighted by molar-refractivity contribution is -0.127. The Kier molecular flexibility index (Phi) is 6.74. The van der Waals surface area contributed by atoms with E-state index in [1.807, 2.05) is 36.4 Å². The molecule has 140 valence electrons. The van der Waals surface area contributed by atoms with Gasteiger partial charge in [-0.25, -0.2) is 0 Å². The van der Waals surface area contributed by atoms with Gasteiger partial charge in [-0.2, -0.15) is 0 Å². The quantitative estimate of drug-likeness (QED) is 0.730. The molecule has 6 heteroatoms. The lowest BCUT2D eigenvalue weighted by Gasteiger charge is -2.33. The molecule has 1 N–H and O–H groups in total. The van der Waals surface area contributed by atoms with Crippen LogP contribution in [0.1, 0.15) is 38.0 Å². The molecule has 1 fully saturated rings. The lowest BCUT2D eigenvalue weighted by atomic mass is 10.1. The van der Waals surface area contributed by atoms with Gasteiger partial charge in [0.2, 0.25) is 0 Å². The fourth-order valence-electron chi connectivity index (χ4n) is 3.23. The van der Waals surface area contributed by atoms with Gasteiger partial charge in [-0.3, -0.25) is 9.69 Å². The zero-order valence-corrected chi connectivity index (χ0v) is 16.6. The van der Waals surface area contributed by atoms with Gasteiger partial charge in [-0.1, -0.05) is 22.4 Å². The third-order valence-corrected chi connectivity index (χ3v) is 5.20. The van der Waals surface area contributed by atoms with Gasteiger partial charge in [-0.05, 0) is 69.3 Å². The number of rotatable bonds is 7. The molecule has 1 aliphatic rings. The summed E-state index contributed by atoms with van der Waals surface area (Å²) >= 11 is 3.39. The van der Waals surface area contributed by atoms with Gasteiger partial charge in [-0.15, -0.1) is 0 Å². The lowest BCUT2D eigenvalue weighted by Crippen LogP contribution is -2.43. The summed E-state index contributed by atoms with van der Waals surface area (Å²) in [6.07, 6.45) is 4.77. The molecule has 26 heavy (non-hydrogen) atoms. The van der Waals surface area contributed by atoms with Crippen LogP contribution in [-0.4, -0.2) is 36.5 Å². The fourth-order valence-corrected chi connectivity index (χ4v) is 3.50. The summed E-state index contributed by atoms with van der Waals surface area (Å²) in [4.78, 5) is 14.9. The Morgan fingerprint density at radius 2 is 1.96 bits per heavy atom. The van der Waals surface area contributed by atoms with Crippen LogP contribution in [0.25, 0.3) is 0 Å². The van der Waals surface area contributed by atoms with Crippen LogP contribution in [0.4, 0.5) is 0 Å². The van der Waals surface area contributed by atoms with E-state index >= 15 is 0 Å². The largest absolute Gasteiger partial charge is 0.481 e. The second-order valence-corrected chi connectivity index (χ2v) is 7.50.